The number of aryl methyl sites for hydroxylation is 2. The molecule has 2 rings (SSSR count). The first-order chi connectivity index (χ1) is 12.5. The van der Waals surface area contributed by atoms with Crippen molar-refractivity contribution in [3.63, 3.8) is 0 Å². The van der Waals surface area contributed by atoms with Crippen molar-refractivity contribution < 1.29 is 9.53 Å². The third-order valence-electron chi connectivity index (χ3n) is 4.09. The van der Waals surface area contributed by atoms with E-state index in [-0.39, 0.29) is 5.97 Å². The number of nitrogens with one attached hydrogen (secondary N) is 2. The van der Waals surface area contributed by atoms with Gasteiger partial charge in [-0.15, -0.1) is 0 Å². The normalized spacial score (nSPS) is 10.3. The smallest absolute Gasteiger partial charge is 0.338 e. The predicted molar refractivity (Wildman–Crippen MR) is 111 cm³/mol. The second-order valence-electron chi connectivity index (χ2n) is 6.17. The molecule has 138 valence electrons. The Morgan fingerprint density at radius 2 is 1.92 bits per heavy atom. The summed E-state index contributed by atoms with van der Waals surface area (Å²) in [4.78, 5) is 12.0. The average molecular weight is 371 g/mol. The van der Waals surface area contributed by atoms with Gasteiger partial charge in [-0.1, -0.05) is 35.9 Å². The number of hydrogen-bond acceptors (Lipinski definition) is 3. The van der Waals surface area contributed by atoms with Crippen molar-refractivity contribution in [2.45, 2.75) is 33.6 Å². The van der Waals surface area contributed by atoms with E-state index in [9.17, 15) is 4.79 Å². The van der Waals surface area contributed by atoms with E-state index in [0.29, 0.717) is 17.3 Å². The van der Waals surface area contributed by atoms with Gasteiger partial charge < -0.3 is 15.4 Å². The van der Waals surface area contributed by atoms with Crippen molar-refractivity contribution in [1.82, 2.24) is 5.32 Å². The largest absolute Gasteiger partial charge is 0.462 e. The van der Waals surface area contributed by atoms with E-state index in [1.54, 1.807) is 13.0 Å². The first-order valence-electron chi connectivity index (χ1n) is 8.88. The van der Waals surface area contributed by atoms with Crippen LogP contribution >= 0.6 is 12.2 Å². The Morgan fingerprint density at radius 1 is 1.15 bits per heavy atom. The lowest BCUT2D eigenvalue weighted by Gasteiger charge is -2.14. The van der Waals surface area contributed by atoms with Crippen LogP contribution in [0.15, 0.2) is 42.5 Å². The molecule has 0 bridgehead atoms. The van der Waals surface area contributed by atoms with Gasteiger partial charge in [-0.3, -0.25) is 0 Å². The molecule has 0 saturated carbocycles. The SMILES string of the molecule is CCOC(=O)c1cccc(NC(=S)NCCCc2cccc(C)c2)c1C. The maximum atomic E-state index is 12.0. The number of carbonyl (C=O) groups is 1. The molecule has 0 spiro atoms. The fourth-order valence-electron chi connectivity index (χ4n) is 2.73. The Balaban J connectivity index is 1.84. The van der Waals surface area contributed by atoms with Crippen molar-refractivity contribution in [2.75, 3.05) is 18.5 Å². The van der Waals surface area contributed by atoms with E-state index in [1.807, 2.05) is 19.1 Å². The monoisotopic (exact) mass is 370 g/mol. The molecule has 26 heavy (non-hydrogen) atoms. The maximum Gasteiger partial charge on any atom is 0.338 e. The van der Waals surface area contributed by atoms with Gasteiger partial charge in [-0.05, 0) is 69.1 Å². The average Bonchev–Trinajstić information content (AvgIpc) is 2.61. The Hall–Kier alpha value is -2.40. The van der Waals surface area contributed by atoms with Crippen LogP contribution in [0.25, 0.3) is 0 Å². The Bertz CT molecular complexity index is 774. The molecule has 0 aliphatic carbocycles. The topological polar surface area (TPSA) is 50.4 Å². The Labute approximate surface area is 161 Å². The molecule has 0 saturated heterocycles. The fourth-order valence-corrected chi connectivity index (χ4v) is 2.94. The van der Waals surface area contributed by atoms with Gasteiger partial charge in [-0.25, -0.2) is 4.79 Å². The summed E-state index contributed by atoms with van der Waals surface area (Å²) in [5.41, 5.74) is 4.81. The molecule has 0 radical (unpaired) electrons. The lowest BCUT2D eigenvalue weighted by molar-refractivity contribution is 0.0525. The molecule has 0 unspecified atom stereocenters. The summed E-state index contributed by atoms with van der Waals surface area (Å²) in [5.74, 6) is -0.314. The van der Waals surface area contributed by atoms with Gasteiger partial charge in [0, 0.05) is 12.2 Å². The van der Waals surface area contributed by atoms with Gasteiger partial charge >= 0.3 is 5.97 Å². The number of rotatable bonds is 7. The van der Waals surface area contributed by atoms with E-state index in [0.717, 1.165) is 30.6 Å². The minimum absolute atomic E-state index is 0.314. The van der Waals surface area contributed by atoms with Crippen molar-refractivity contribution >= 4 is 29.0 Å². The summed E-state index contributed by atoms with van der Waals surface area (Å²) in [6.45, 7) is 6.93. The summed E-state index contributed by atoms with van der Waals surface area (Å²) in [5, 5.41) is 6.94. The highest BCUT2D eigenvalue weighted by Gasteiger charge is 2.13. The molecule has 5 heteroatoms. The van der Waals surface area contributed by atoms with Gasteiger partial charge in [-0.2, -0.15) is 0 Å². The highest BCUT2D eigenvalue weighted by Crippen LogP contribution is 2.19. The van der Waals surface area contributed by atoms with Gasteiger partial charge in [0.2, 0.25) is 0 Å². The quantitative estimate of drug-likeness (QED) is 0.430. The first kappa shape index (κ1) is 19.9. The van der Waals surface area contributed by atoms with Crippen molar-refractivity contribution in [3.8, 4) is 0 Å². The Kier molecular flexibility index (Phi) is 7.60. The third-order valence-corrected chi connectivity index (χ3v) is 4.33. The lowest BCUT2D eigenvalue weighted by Crippen LogP contribution is -2.30. The van der Waals surface area contributed by atoms with E-state index < -0.39 is 0 Å². The highest BCUT2D eigenvalue weighted by molar-refractivity contribution is 7.80. The zero-order valence-corrected chi connectivity index (χ0v) is 16.4. The number of esters is 1. The number of anilines is 1. The van der Waals surface area contributed by atoms with E-state index >= 15 is 0 Å². The van der Waals surface area contributed by atoms with Crippen LogP contribution in [0.1, 0.15) is 40.4 Å². The summed E-state index contributed by atoms with van der Waals surface area (Å²) in [6.07, 6.45) is 2.00. The minimum atomic E-state index is -0.314. The van der Waals surface area contributed by atoms with Crippen LogP contribution in [0, 0.1) is 13.8 Å². The molecule has 2 aromatic rings. The van der Waals surface area contributed by atoms with Crippen LogP contribution in [0.2, 0.25) is 0 Å². The van der Waals surface area contributed by atoms with Crippen molar-refractivity contribution in [3.05, 3.63) is 64.7 Å². The second-order valence-corrected chi connectivity index (χ2v) is 6.58. The molecule has 0 aromatic heterocycles. The molecule has 2 aromatic carbocycles. The van der Waals surface area contributed by atoms with Gasteiger partial charge in [0.25, 0.3) is 0 Å². The molecular weight excluding hydrogens is 344 g/mol. The van der Waals surface area contributed by atoms with Crippen LogP contribution in [0.4, 0.5) is 5.69 Å². The van der Waals surface area contributed by atoms with Crippen LogP contribution in [-0.4, -0.2) is 24.2 Å². The zero-order chi connectivity index (χ0) is 18.9. The van der Waals surface area contributed by atoms with Gasteiger partial charge in [0.1, 0.15) is 0 Å². The first-order valence-corrected chi connectivity index (χ1v) is 9.29. The van der Waals surface area contributed by atoms with Crippen LogP contribution in [0.5, 0.6) is 0 Å². The number of carbonyl (C=O) groups excluding carboxylic acids is 1. The number of ether oxygens (including phenoxy) is 1. The standard InChI is InChI=1S/C21H26N2O2S/c1-4-25-20(24)18-11-6-12-19(16(18)3)23-21(26)22-13-7-10-17-9-5-8-15(2)14-17/h5-6,8-9,11-12,14H,4,7,10,13H2,1-3H3,(H2,22,23,26). The van der Waals surface area contributed by atoms with E-state index in [2.05, 4.69) is 41.8 Å². The van der Waals surface area contributed by atoms with Gasteiger partial charge in [0.15, 0.2) is 5.11 Å². The molecular formula is C21H26N2O2S. The molecule has 0 fully saturated rings. The molecule has 0 heterocycles. The Morgan fingerprint density at radius 3 is 2.65 bits per heavy atom. The highest BCUT2D eigenvalue weighted by atomic mass is 32.1. The summed E-state index contributed by atoms with van der Waals surface area (Å²) in [7, 11) is 0. The van der Waals surface area contributed by atoms with Gasteiger partial charge in [0.05, 0.1) is 12.2 Å². The number of benzene rings is 2. The lowest BCUT2D eigenvalue weighted by atomic mass is 10.1. The molecule has 0 atom stereocenters. The summed E-state index contributed by atoms with van der Waals surface area (Å²) < 4.78 is 5.08. The van der Waals surface area contributed by atoms with Crippen LogP contribution < -0.4 is 10.6 Å². The molecule has 0 aliphatic rings. The molecule has 0 aliphatic heterocycles. The summed E-state index contributed by atoms with van der Waals surface area (Å²) in [6, 6.07) is 14.0. The predicted octanol–water partition coefficient (Wildman–Crippen LogP) is 4.40. The summed E-state index contributed by atoms with van der Waals surface area (Å²) >= 11 is 5.37. The fraction of sp³-hybridized carbons (Fsp3) is 0.333. The second kappa shape index (κ2) is 9.92. The zero-order valence-electron chi connectivity index (χ0n) is 15.6. The number of thiocarbonyl (C=S) groups is 1. The number of hydrogen-bond donors (Lipinski definition) is 2. The van der Waals surface area contributed by atoms with Crippen LogP contribution in [0.3, 0.4) is 0 Å². The van der Waals surface area contributed by atoms with Crippen LogP contribution in [-0.2, 0) is 11.2 Å². The minimum Gasteiger partial charge on any atom is -0.462 e. The molecule has 4 nitrogen and oxygen atoms in total. The van der Waals surface area contributed by atoms with Crippen molar-refractivity contribution in [2.24, 2.45) is 0 Å². The maximum absolute atomic E-state index is 12.0. The molecule has 2 N–H and O–H groups in total. The van der Waals surface area contributed by atoms with Crippen molar-refractivity contribution in [1.29, 1.82) is 0 Å². The van der Waals surface area contributed by atoms with E-state index in [1.165, 1.54) is 11.1 Å². The third kappa shape index (κ3) is 5.85. The van der Waals surface area contributed by atoms with E-state index in [4.69, 9.17) is 17.0 Å². The molecule has 0 amide bonds.